The zero-order valence-corrected chi connectivity index (χ0v) is 10.6. The van der Waals surface area contributed by atoms with Crippen LogP contribution in [0.15, 0.2) is 6.20 Å². The highest BCUT2D eigenvalue weighted by atomic mass is 127. The normalized spacial score (nSPS) is 11.4. The van der Waals surface area contributed by atoms with Gasteiger partial charge in [0.1, 0.15) is 0 Å². The van der Waals surface area contributed by atoms with Gasteiger partial charge in [-0.2, -0.15) is 5.26 Å². The molecule has 98 valence electrons. The smallest absolute Gasteiger partial charge is 0.404 e. The van der Waals surface area contributed by atoms with Crippen LogP contribution in [0, 0.1) is 14.9 Å². The Kier molecular flexibility index (Phi) is 4.66. The van der Waals surface area contributed by atoms with Crippen molar-refractivity contribution in [2.24, 2.45) is 0 Å². The third-order valence-corrected chi connectivity index (χ3v) is 2.56. The predicted molar refractivity (Wildman–Crippen MR) is 57.9 cm³/mol. The highest BCUT2D eigenvalue weighted by Gasteiger charge is 2.35. The van der Waals surface area contributed by atoms with Gasteiger partial charge in [-0.1, -0.05) is 0 Å². The van der Waals surface area contributed by atoms with E-state index in [0.29, 0.717) is 0 Å². The Bertz CT molecular complexity index is 483. The molecule has 0 aromatic carbocycles. The minimum atomic E-state index is -5.09. The summed E-state index contributed by atoms with van der Waals surface area (Å²) in [4.78, 5) is 3.52. The molecule has 0 aliphatic rings. The topological polar surface area (TPSA) is 45.9 Å². The third kappa shape index (κ3) is 3.66. The van der Waals surface area contributed by atoms with Gasteiger partial charge in [-0.05, 0) is 22.6 Å². The van der Waals surface area contributed by atoms with E-state index in [4.69, 9.17) is 5.26 Å². The van der Waals surface area contributed by atoms with Gasteiger partial charge >= 0.3 is 6.36 Å². The van der Waals surface area contributed by atoms with Gasteiger partial charge < -0.3 is 4.74 Å². The van der Waals surface area contributed by atoms with E-state index < -0.39 is 36.2 Å². The number of nitriles is 1. The molecule has 3 nitrogen and oxygen atoms in total. The molecular formula is C9H4F5IN2O. The molecule has 0 fully saturated rings. The molecule has 1 aromatic heterocycles. The summed E-state index contributed by atoms with van der Waals surface area (Å²) < 4.78 is 65.3. The van der Waals surface area contributed by atoms with Crippen LogP contribution in [0.4, 0.5) is 22.0 Å². The zero-order valence-electron chi connectivity index (χ0n) is 8.43. The van der Waals surface area contributed by atoms with Crippen LogP contribution in [-0.2, 0) is 6.42 Å². The molecule has 0 amide bonds. The SMILES string of the molecule is N#CCc1ncc(I)c(OC(F)(F)F)c1C(F)F. The number of nitrogens with zero attached hydrogens (tertiary/aromatic N) is 2. The van der Waals surface area contributed by atoms with E-state index in [-0.39, 0.29) is 3.57 Å². The highest BCUT2D eigenvalue weighted by molar-refractivity contribution is 14.1. The van der Waals surface area contributed by atoms with E-state index in [0.717, 1.165) is 6.20 Å². The van der Waals surface area contributed by atoms with E-state index >= 15 is 0 Å². The molecule has 9 heteroatoms. The lowest BCUT2D eigenvalue weighted by molar-refractivity contribution is -0.275. The predicted octanol–water partition coefficient (Wildman–Crippen LogP) is 3.59. The molecule has 0 saturated heterocycles. The molecule has 0 radical (unpaired) electrons. The van der Waals surface area contributed by atoms with Crippen LogP contribution in [-0.4, -0.2) is 11.3 Å². The number of ether oxygens (including phenoxy) is 1. The van der Waals surface area contributed by atoms with E-state index in [2.05, 4.69) is 9.72 Å². The van der Waals surface area contributed by atoms with Crippen molar-refractivity contribution in [2.75, 3.05) is 0 Å². The second kappa shape index (κ2) is 5.64. The van der Waals surface area contributed by atoms with Crippen molar-refractivity contribution in [3.05, 3.63) is 21.0 Å². The van der Waals surface area contributed by atoms with Gasteiger partial charge in [0.25, 0.3) is 6.43 Å². The summed E-state index contributed by atoms with van der Waals surface area (Å²) in [6.07, 6.45) is -7.88. The number of halogens is 6. The first kappa shape index (κ1) is 14.9. The fourth-order valence-corrected chi connectivity index (χ4v) is 1.72. The highest BCUT2D eigenvalue weighted by Crippen LogP contribution is 2.38. The Morgan fingerprint density at radius 2 is 2.06 bits per heavy atom. The average Bonchev–Trinajstić information content (AvgIpc) is 2.21. The van der Waals surface area contributed by atoms with Gasteiger partial charge in [0.15, 0.2) is 5.75 Å². The van der Waals surface area contributed by atoms with Crippen LogP contribution in [0.1, 0.15) is 17.7 Å². The lowest BCUT2D eigenvalue weighted by Gasteiger charge is -2.16. The van der Waals surface area contributed by atoms with Crippen LogP contribution < -0.4 is 4.74 Å². The lowest BCUT2D eigenvalue weighted by Crippen LogP contribution is -2.20. The molecule has 0 spiro atoms. The molecule has 0 aliphatic carbocycles. The first-order valence-electron chi connectivity index (χ1n) is 4.34. The number of alkyl halides is 5. The summed E-state index contributed by atoms with van der Waals surface area (Å²) in [5, 5.41) is 8.42. The Morgan fingerprint density at radius 3 is 2.50 bits per heavy atom. The Hall–Kier alpha value is -1.18. The van der Waals surface area contributed by atoms with Crippen molar-refractivity contribution < 1.29 is 26.7 Å². The molecule has 0 N–H and O–H groups in total. The van der Waals surface area contributed by atoms with Crippen molar-refractivity contribution in [2.45, 2.75) is 19.2 Å². The number of pyridine rings is 1. The van der Waals surface area contributed by atoms with Crippen molar-refractivity contribution >= 4 is 22.6 Å². The van der Waals surface area contributed by atoms with Crippen LogP contribution in [0.3, 0.4) is 0 Å². The molecule has 1 rings (SSSR count). The van der Waals surface area contributed by atoms with E-state index in [1.54, 1.807) is 6.07 Å². The third-order valence-electron chi connectivity index (χ3n) is 1.79. The van der Waals surface area contributed by atoms with Crippen LogP contribution >= 0.6 is 22.6 Å². The Balaban J connectivity index is 3.37. The van der Waals surface area contributed by atoms with Crippen molar-refractivity contribution in [1.29, 1.82) is 5.26 Å². The van der Waals surface area contributed by atoms with Crippen molar-refractivity contribution in [1.82, 2.24) is 4.98 Å². The summed E-state index contributed by atoms with van der Waals surface area (Å²) in [6, 6.07) is 1.55. The molecule has 18 heavy (non-hydrogen) atoms. The quantitative estimate of drug-likeness (QED) is 0.597. The van der Waals surface area contributed by atoms with Crippen LogP contribution in [0.2, 0.25) is 0 Å². The lowest BCUT2D eigenvalue weighted by atomic mass is 10.1. The molecule has 0 atom stereocenters. The summed E-state index contributed by atoms with van der Waals surface area (Å²) in [5.41, 5.74) is -1.42. The number of rotatable bonds is 3. The zero-order chi connectivity index (χ0) is 13.9. The average molecular weight is 378 g/mol. The van der Waals surface area contributed by atoms with Gasteiger partial charge in [0.05, 0.1) is 27.3 Å². The van der Waals surface area contributed by atoms with Gasteiger partial charge in [-0.15, -0.1) is 13.2 Å². The molecule has 0 bridgehead atoms. The molecule has 1 heterocycles. The van der Waals surface area contributed by atoms with Gasteiger partial charge in [0.2, 0.25) is 0 Å². The summed E-state index contributed by atoms with van der Waals surface area (Å²) >= 11 is 1.40. The molecule has 0 unspecified atom stereocenters. The van der Waals surface area contributed by atoms with Crippen LogP contribution in [0.25, 0.3) is 0 Å². The molecule has 0 aliphatic heterocycles. The first-order chi connectivity index (χ1) is 8.26. The fraction of sp³-hybridized carbons (Fsp3) is 0.333. The maximum Gasteiger partial charge on any atom is 0.573 e. The number of hydrogen-bond donors (Lipinski definition) is 0. The maximum atomic E-state index is 12.8. The van der Waals surface area contributed by atoms with Crippen LogP contribution in [0.5, 0.6) is 5.75 Å². The van der Waals surface area contributed by atoms with Gasteiger partial charge in [-0.25, -0.2) is 8.78 Å². The van der Waals surface area contributed by atoms with E-state index in [1.165, 1.54) is 22.6 Å². The largest absolute Gasteiger partial charge is 0.573 e. The van der Waals surface area contributed by atoms with Crippen molar-refractivity contribution in [3.8, 4) is 11.8 Å². The Labute approximate surface area is 112 Å². The van der Waals surface area contributed by atoms with Gasteiger partial charge in [-0.3, -0.25) is 4.98 Å². The summed E-state index contributed by atoms with van der Waals surface area (Å²) in [5.74, 6) is -1.00. The monoisotopic (exact) mass is 378 g/mol. The number of hydrogen-bond acceptors (Lipinski definition) is 3. The first-order valence-corrected chi connectivity index (χ1v) is 5.42. The standard InChI is InChI=1S/C9H4F5IN2O/c10-8(11)6-5(1-2-16)17-3-4(15)7(6)18-9(12,13)14/h3,8H,1H2. The van der Waals surface area contributed by atoms with Crippen molar-refractivity contribution in [3.63, 3.8) is 0 Å². The minimum Gasteiger partial charge on any atom is -0.404 e. The molecule has 1 aromatic rings. The molecule has 0 saturated carbocycles. The van der Waals surface area contributed by atoms with E-state index in [1.807, 2.05) is 0 Å². The van der Waals surface area contributed by atoms with E-state index in [9.17, 15) is 22.0 Å². The second-order valence-corrected chi connectivity index (χ2v) is 4.14. The Morgan fingerprint density at radius 1 is 1.44 bits per heavy atom. The number of aromatic nitrogens is 1. The maximum absolute atomic E-state index is 12.8. The summed E-state index contributed by atoms with van der Waals surface area (Å²) in [7, 11) is 0. The van der Waals surface area contributed by atoms with Gasteiger partial charge in [0, 0.05) is 6.20 Å². The molecular weight excluding hydrogens is 374 g/mol. The minimum absolute atomic E-state index is 0.207. The second-order valence-electron chi connectivity index (χ2n) is 2.98. The summed E-state index contributed by atoms with van der Waals surface area (Å²) in [6.45, 7) is 0. The fourth-order valence-electron chi connectivity index (χ4n) is 1.18.